The van der Waals surface area contributed by atoms with E-state index in [0.29, 0.717) is 17.7 Å². The van der Waals surface area contributed by atoms with Crippen LogP contribution in [-0.2, 0) is 4.79 Å². The van der Waals surface area contributed by atoms with Crippen molar-refractivity contribution in [3.63, 3.8) is 0 Å². The number of carbonyl (C=O) groups is 1. The third-order valence-electron chi connectivity index (χ3n) is 2.86. The van der Waals surface area contributed by atoms with Crippen LogP contribution < -0.4 is 5.32 Å². The van der Waals surface area contributed by atoms with Gasteiger partial charge in [0.1, 0.15) is 0 Å². The van der Waals surface area contributed by atoms with Crippen LogP contribution >= 0.6 is 0 Å². The maximum absolute atomic E-state index is 12.0. The van der Waals surface area contributed by atoms with E-state index < -0.39 is 4.92 Å². The fraction of sp³-hybridized carbons (Fsp3) is 0.500. The summed E-state index contributed by atoms with van der Waals surface area (Å²) in [4.78, 5) is 22.3. The molecule has 1 aromatic rings. The molecule has 0 saturated carbocycles. The first-order chi connectivity index (χ1) is 9.03. The molecule has 0 bridgehead atoms. The second-order valence-electron chi connectivity index (χ2n) is 6.10. The Morgan fingerprint density at radius 2 is 1.95 bits per heavy atom. The summed E-state index contributed by atoms with van der Waals surface area (Å²) in [6.45, 7) is 9.00. The molecule has 0 unspecified atom stereocenters. The number of anilines is 1. The van der Waals surface area contributed by atoms with Crippen molar-refractivity contribution in [2.75, 3.05) is 5.32 Å². The van der Waals surface area contributed by atoms with Crippen LogP contribution in [0.5, 0.6) is 5.75 Å². The van der Waals surface area contributed by atoms with Crippen molar-refractivity contribution >= 4 is 17.3 Å². The molecule has 20 heavy (non-hydrogen) atoms. The van der Waals surface area contributed by atoms with E-state index in [0.717, 1.165) is 0 Å². The highest BCUT2D eigenvalue weighted by molar-refractivity contribution is 5.93. The number of aromatic hydroxyl groups is 1. The molecule has 110 valence electrons. The number of aryl methyl sites for hydroxylation is 1. The van der Waals surface area contributed by atoms with Crippen LogP contribution in [0, 0.1) is 29.4 Å². The maximum Gasteiger partial charge on any atom is 0.315 e. The van der Waals surface area contributed by atoms with Crippen LogP contribution in [0.25, 0.3) is 0 Å². The van der Waals surface area contributed by atoms with Crippen molar-refractivity contribution < 1.29 is 14.8 Å². The van der Waals surface area contributed by atoms with Crippen LogP contribution in [-0.4, -0.2) is 15.9 Å². The van der Waals surface area contributed by atoms with Crippen LogP contribution in [0.15, 0.2) is 6.07 Å². The van der Waals surface area contributed by atoms with E-state index in [1.54, 1.807) is 6.92 Å². The molecule has 0 aliphatic carbocycles. The fourth-order valence-corrected chi connectivity index (χ4v) is 2.04. The Bertz CT molecular complexity index is 559. The average Bonchev–Trinajstić information content (AvgIpc) is 2.20. The first kappa shape index (κ1) is 15.9. The summed E-state index contributed by atoms with van der Waals surface area (Å²) in [7, 11) is 0. The largest absolute Gasteiger partial charge is 0.502 e. The number of benzene rings is 1. The number of nitrogens with zero attached hydrogens (tertiary/aromatic N) is 1. The minimum atomic E-state index is -0.649. The van der Waals surface area contributed by atoms with Gasteiger partial charge in [-0.15, -0.1) is 0 Å². The molecule has 6 heteroatoms. The monoisotopic (exact) mass is 280 g/mol. The van der Waals surface area contributed by atoms with Gasteiger partial charge in [-0.3, -0.25) is 14.9 Å². The van der Waals surface area contributed by atoms with E-state index in [1.165, 1.54) is 13.0 Å². The molecule has 0 atom stereocenters. The van der Waals surface area contributed by atoms with Gasteiger partial charge < -0.3 is 10.4 Å². The SMILES string of the molecule is Cc1cc(O)c([N+](=O)[O-])c(C)c1NC(=O)CC(C)(C)C. The molecule has 6 nitrogen and oxygen atoms in total. The minimum absolute atomic E-state index is 0.172. The Morgan fingerprint density at radius 3 is 2.40 bits per heavy atom. The first-order valence-electron chi connectivity index (χ1n) is 6.30. The highest BCUT2D eigenvalue weighted by Gasteiger charge is 2.24. The number of hydrogen-bond acceptors (Lipinski definition) is 4. The van der Waals surface area contributed by atoms with Gasteiger partial charge in [0.25, 0.3) is 0 Å². The predicted octanol–water partition coefficient (Wildman–Crippen LogP) is 3.29. The normalized spacial score (nSPS) is 11.2. The number of nitrogens with one attached hydrogen (secondary N) is 1. The minimum Gasteiger partial charge on any atom is -0.502 e. The third kappa shape index (κ3) is 3.69. The van der Waals surface area contributed by atoms with Crippen LogP contribution in [0.2, 0.25) is 0 Å². The van der Waals surface area contributed by atoms with E-state index in [1.807, 2.05) is 20.8 Å². The van der Waals surface area contributed by atoms with E-state index in [4.69, 9.17) is 0 Å². The summed E-state index contributed by atoms with van der Waals surface area (Å²) in [6.07, 6.45) is 0.306. The highest BCUT2D eigenvalue weighted by atomic mass is 16.6. The van der Waals surface area contributed by atoms with Crippen molar-refractivity contribution in [3.05, 3.63) is 27.3 Å². The topological polar surface area (TPSA) is 92.5 Å². The Labute approximate surface area is 118 Å². The van der Waals surface area contributed by atoms with Crippen molar-refractivity contribution in [2.45, 2.75) is 41.0 Å². The van der Waals surface area contributed by atoms with Gasteiger partial charge in [0.15, 0.2) is 5.75 Å². The molecule has 1 amide bonds. The summed E-state index contributed by atoms with van der Waals surface area (Å²) in [5, 5.41) is 23.3. The number of hydrogen-bond donors (Lipinski definition) is 2. The van der Waals surface area contributed by atoms with E-state index >= 15 is 0 Å². The zero-order chi connectivity index (χ0) is 15.7. The molecular weight excluding hydrogens is 260 g/mol. The quantitative estimate of drug-likeness (QED) is 0.504. The summed E-state index contributed by atoms with van der Waals surface area (Å²) < 4.78 is 0. The lowest BCUT2D eigenvalue weighted by molar-refractivity contribution is -0.386. The molecule has 2 N–H and O–H groups in total. The zero-order valence-electron chi connectivity index (χ0n) is 12.4. The average molecular weight is 280 g/mol. The van der Waals surface area contributed by atoms with Gasteiger partial charge in [-0.05, 0) is 30.9 Å². The van der Waals surface area contributed by atoms with Crippen LogP contribution in [0.4, 0.5) is 11.4 Å². The number of carbonyl (C=O) groups excluding carboxylic acids is 1. The smallest absolute Gasteiger partial charge is 0.315 e. The molecule has 0 fully saturated rings. The van der Waals surface area contributed by atoms with Crippen LogP contribution in [0.1, 0.15) is 38.3 Å². The number of amides is 1. The van der Waals surface area contributed by atoms with Crippen molar-refractivity contribution in [1.29, 1.82) is 0 Å². The Kier molecular flexibility index (Phi) is 4.37. The van der Waals surface area contributed by atoms with E-state index in [9.17, 15) is 20.0 Å². The molecule has 0 heterocycles. The van der Waals surface area contributed by atoms with Crippen molar-refractivity contribution in [3.8, 4) is 5.75 Å². The number of nitro benzene ring substituents is 1. The van der Waals surface area contributed by atoms with Gasteiger partial charge in [0, 0.05) is 6.42 Å². The highest BCUT2D eigenvalue weighted by Crippen LogP contribution is 2.37. The summed E-state index contributed by atoms with van der Waals surface area (Å²) >= 11 is 0. The molecule has 0 aliphatic rings. The van der Waals surface area contributed by atoms with Gasteiger partial charge in [-0.1, -0.05) is 20.8 Å². The molecule has 0 aliphatic heterocycles. The molecule has 1 aromatic carbocycles. The third-order valence-corrected chi connectivity index (χ3v) is 2.86. The van der Waals surface area contributed by atoms with Gasteiger partial charge in [-0.25, -0.2) is 0 Å². The molecule has 0 aromatic heterocycles. The molecule has 0 radical (unpaired) electrons. The lowest BCUT2D eigenvalue weighted by Crippen LogP contribution is -2.20. The number of nitro groups is 1. The standard InChI is InChI=1S/C14H20N2O4/c1-8-6-10(17)13(16(19)20)9(2)12(8)15-11(18)7-14(3,4)5/h6,17H,7H2,1-5H3,(H,15,18). The number of phenolic OH excluding ortho intramolecular Hbond substituents is 1. The lowest BCUT2D eigenvalue weighted by atomic mass is 9.92. The second kappa shape index (κ2) is 5.48. The fourth-order valence-electron chi connectivity index (χ4n) is 2.04. The van der Waals surface area contributed by atoms with Crippen LogP contribution in [0.3, 0.4) is 0 Å². The van der Waals surface area contributed by atoms with E-state index in [2.05, 4.69) is 5.32 Å². The molecular formula is C14H20N2O4. The van der Waals surface area contributed by atoms with Crippen molar-refractivity contribution in [2.24, 2.45) is 5.41 Å². The Morgan fingerprint density at radius 1 is 1.40 bits per heavy atom. The molecule has 0 saturated heterocycles. The first-order valence-corrected chi connectivity index (χ1v) is 6.30. The zero-order valence-corrected chi connectivity index (χ0v) is 12.4. The Hall–Kier alpha value is -2.11. The Balaban J connectivity index is 3.16. The lowest BCUT2D eigenvalue weighted by Gasteiger charge is -2.19. The van der Waals surface area contributed by atoms with Gasteiger partial charge >= 0.3 is 5.69 Å². The molecule has 0 spiro atoms. The predicted molar refractivity (Wildman–Crippen MR) is 76.9 cm³/mol. The van der Waals surface area contributed by atoms with E-state index in [-0.39, 0.29) is 28.3 Å². The number of phenols is 1. The molecule has 1 rings (SSSR count). The summed E-state index contributed by atoms with van der Waals surface area (Å²) in [6, 6.07) is 1.29. The van der Waals surface area contributed by atoms with Crippen molar-refractivity contribution in [1.82, 2.24) is 0 Å². The summed E-state index contributed by atoms with van der Waals surface area (Å²) in [5.74, 6) is -0.595. The van der Waals surface area contributed by atoms with Gasteiger partial charge in [0.2, 0.25) is 5.91 Å². The number of rotatable bonds is 3. The maximum atomic E-state index is 12.0. The summed E-state index contributed by atoms with van der Waals surface area (Å²) in [5.41, 5.74) is 0.697. The van der Waals surface area contributed by atoms with Gasteiger partial charge in [-0.2, -0.15) is 0 Å². The second-order valence-corrected chi connectivity index (χ2v) is 6.10. The van der Waals surface area contributed by atoms with Gasteiger partial charge in [0.05, 0.1) is 16.2 Å².